The Bertz CT molecular complexity index is 657. The van der Waals surface area contributed by atoms with Crippen LogP contribution in [0, 0.1) is 0 Å². The molecule has 0 rings (SSSR count). The van der Waals surface area contributed by atoms with Gasteiger partial charge < -0.3 is 14.6 Å². The summed E-state index contributed by atoms with van der Waals surface area (Å²) in [5.41, 5.74) is 0. The lowest BCUT2D eigenvalue weighted by Gasteiger charge is -2.15. The van der Waals surface area contributed by atoms with E-state index in [0.717, 1.165) is 44.9 Å². The first-order valence-electron chi connectivity index (χ1n) is 18.4. The molecular formula is C38H70O5. The van der Waals surface area contributed by atoms with Gasteiger partial charge in [-0.15, -0.1) is 0 Å². The largest absolute Gasteiger partial charge is 0.462 e. The van der Waals surface area contributed by atoms with E-state index in [1.165, 1.54) is 116 Å². The van der Waals surface area contributed by atoms with E-state index in [-0.39, 0.29) is 25.2 Å². The van der Waals surface area contributed by atoms with E-state index in [9.17, 15) is 14.7 Å². The predicted octanol–water partition coefficient (Wildman–Crippen LogP) is 11.1. The molecule has 0 aromatic carbocycles. The van der Waals surface area contributed by atoms with Crippen molar-refractivity contribution in [1.29, 1.82) is 0 Å². The molecule has 0 bridgehead atoms. The Labute approximate surface area is 266 Å². The van der Waals surface area contributed by atoms with Crippen molar-refractivity contribution >= 4 is 11.9 Å². The number of carbonyl (C=O) groups is 2. The second-order valence-corrected chi connectivity index (χ2v) is 12.3. The quantitative estimate of drug-likeness (QED) is 0.0457. The Balaban J connectivity index is 3.57. The molecule has 0 aliphatic rings. The Morgan fingerprint density at radius 1 is 0.512 bits per heavy atom. The molecule has 252 valence electrons. The van der Waals surface area contributed by atoms with Gasteiger partial charge in [0.25, 0.3) is 0 Å². The highest BCUT2D eigenvalue weighted by Gasteiger charge is 2.16. The van der Waals surface area contributed by atoms with Crippen LogP contribution in [0.2, 0.25) is 0 Å². The van der Waals surface area contributed by atoms with Crippen molar-refractivity contribution in [2.45, 2.75) is 193 Å². The molecule has 5 nitrogen and oxygen atoms in total. The molecule has 0 amide bonds. The Morgan fingerprint density at radius 3 is 1.28 bits per heavy atom. The summed E-state index contributed by atoms with van der Waals surface area (Å²) >= 11 is 0. The fourth-order valence-corrected chi connectivity index (χ4v) is 5.13. The lowest BCUT2D eigenvalue weighted by atomic mass is 10.1. The summed E-state index contributed by atoms with van der Waals surface area (Å²) in [6.45, 7) is 4.10. The van der Waals surface area contributed by atoms with Gasteiger partial charge in [-0.3, -0.25) is 9.59 Å². The molecule has 0 aliphatic heterocycles. The summed E-state index contributed by atoms with van der Waals surface area (Å²) in [4.78, 5) is 24.2. The highest BCUT2D eigenvalue weighted by atomic mass is 16.6. The molecule has 1 atom stereocenters. The van der Waals surface area contributed by atoms with Gasteiger partial charge in [0.1, 0.15) is 6.61 Å². The number of aliphatic hydroxyl groups excluding tert-OH is 1. The highest BCUT2D eigenvalue weighted by Crippen LogP contribution is 2.13. The summed E-state index contributed by atoms with van der Waals surface area (Å²) in [6.07, 6.45) is 39.4. The van der Waals surface area contributed by atoms with Gasteiger partial charge in [0, 0.05) is 12.8 Å². The summed E-state index contributed by atoms with van der Waals surface area (Å²) in [5, 5.41) is 9.52. The van der Waals surface area contributed by atoms with Crippen LogP contribution in [-0.4, -0.2) is 36.4 Å². The number of rotatable bonds is 33. The number of esters is 2. The third-order valence-corrected chi connectivity index (χ3v) is 7.97. The van der Waals surface area contributed by atoms with Gasteiger partial charge in [0.15, 0.2) is 6.10 Å². The van der Waals surface area contributed by atoms with Crippen molar-refractivity contribution in [2.75, 3.05) is 13.2 Å². The number of hydrogen-bond acceptors (Lipinski definition) is 5. The number of unbranched alkanes of at least 4 members (excludes halogenated alkanes) is 21. The number of ether oxygens (including phenoxy) is 2. The zero-order chi connectivity index (χ0) is 31.5. The maximum atomic E-state index is 12.1. The molecular weight excluding hydrogens is 536 g/mol. The number of aliphatic hydroxyl groups is 1. The van der Waals surface area contributed by atoms with Crippen LogP contribution in [0.3, 0.4) is 0 Å². The van der Waals surface area contributed by atoms with Crippen molar-refractivity contribution in [2.24, 2.45) is 0 Å². The molecule has 0 aromatic rings. The summed E-state index contributed by atoms with van der Waals surface area (Å²) in [7, 11) is 0. The molecule has 0 saturated heterocycles. The first-order valence-corrected chi connectivity index (χ1v) is 18.4. The zero-order valence-corrected chi connectivity index (χ0v) is 28.5. The third-order valence-electron chi connectivity index (χ3n) is 7.97. The molecule has 0 fully saturated rings. The van der Waals surface area contributed by atoms with E-state index in [1.54, 1.807) is 0 Å². The molecule has 1 N–H and O–H groups in total. The van der Waals surface area contributed by atoms with Gasteiger partial charge in [-0.05, 0) is 64.2 Å². The van der Waals surface area contributed by atoms with E-state index in [0.29, 0.717) is 12.8 Å². The SMILES string of the molecule is CCCCCC/C=C/CCCCCCCCCC(=O)O[C@@H](CO)COC(=O)CCCCCCC/C=C/CCCCCCC. The Hall–Kier alpha value is -1.62. The van der Waals surface area contributed by atoms with Gasteiger partial charge in [-0.1, -0.05) is 134 Å². The number of allylic oxidation sites excluding steroid dienone is 4. The Morgan fingerprint density at radius 2 is 0.860 bits per heavy atom. The fourth-order valence-electron chi connectivity index (χ4n) is 5.13. The van der Waals surface area contributed by atoms with Gasteiger partial charge >= 0.3 is 11.9 Å². The number of carbonyl (C=O) groups excluding carboxylic acids is 2. The van der Waals surface area contributed by atoms with E-state index < -0.39 is 6.10 Å². The van der Waals surface area contributed by atoms with Crippen LogP contribution in [0.4, 0.5) is 0 Å². The smallest absolute Gasteiger partial charge is 0.306 e. The minimum Gasteiger partial charge on any atom is -0.462 e. The van der Waals surface area contributed by atoms with E-state index in [4.69, 9.17) is 9.47 Å². The van der Waals surface area contributed by atoms with Gasteiger partial charge in [-0.25, -0.2) is 0 Å². The normalized spacial score (nSPS) is 12.3. The monoisotopic (exact) mass is 607 g/mol. The lowest BCUT2D eigenvalue weighted by Crippen LogP contribution is -2.28. The molecule has 0 unspecified atom stereocenters. The molecule has 0 aliphatic carbocycles. The van der Waals surface area contributed by atoms with Crippen molar-refractivity contribution < 1.29 is 24.2 Å². The maximum Gasteiger partial charge on any atom is 0.306 e. The number of hydrogen-bond donors (Lipinski definition) is 1. The first-order chi connectivity index (χ1) is 21.1. The second kappa shape index (κ2) is 34.9. The van der Waals surface area contributed by atoms with Crippen LogP contribution in [-0.2, 0) is 19.1 Å². The van der Waals surface area contributed by atoms with Crippen LogP contribution < -0.4 is 0 Å². The van der Waals surface area contributed by atoms with Crippen LogP contribution in [0.25, 0.3) is 0 Å². The van der Waals surface area contributed by atoms with E-state index >= 15 is 0 Å². The van der Waals surface area contributed by atoms with Crippen LogP contribution in [0.1, 0.15) is 187 Å². The van der Waals surface area contributed by atoms with Crippen molar-refractivity contribution in [3.8, 4) is 0 Å². The van der Waals surface area contributed by atoms with Gasteiger partial charge in [0.05, 0.1) is 6.61 Å². The Kier molecular flexibility index (Phi) is 33.6. The second-order valence-electron chi connectivity index (χ2n) is 12.3. The average Bonchev–Trinajstić information content (AvgIpc) is 3.01. The molecule has 0 aromatic heterocycles. The third kappa shape index (κ3) is 33.1. The average molecular weight is 607 g/mol. The van der Waals surface area contributed by atoms with Crippen molar-refractivity contribution in [1.82, 2.24) is 0 Å². The molecule has 0 radical (unpaired) electrons. The first kappa shape index (κ1) is 41.4. The van der Waals surface area contributed by atoms with E-state index in [2.05, 4.69) is 38.2 Å². The molecule has 5 heteroatoms. The molecule has 0 saturated carbocycles. The summed E-state index contributed by atoms with van der Waals surface area (Å²) in [5.74, 6) is -0.604. The van der Waals surface area contributed by atoms with Crippen LogP contribution in [0.5, 0.6) is 0 Å². The molecule has 0 spiro atoms. The molecule has 0 heterocycles. The van der Waals surface area contributed by atoms with Crippen molar-refractivity contribution in [3.63, 3.8) is 0 Å². The topological polar surface area (TPSA) is 72.8 Å². The van der Waals surface area contributed by atoms with E-state index in [1.807, 2.05) is 0 Å². The lowest BCUT2D eigenvalue weighted by molar-refractivity contribution is -0.161. The van der Waals surface area contributed by atoms with Gasteiger partial charge in [0.2, 0.25) is 0 Å². The zero-order valence-electron chi connectivity index (χ0n) is 28.5. The van der Waals surface area contributed by atoms with Gasteiger partial charge in [-0.2, -0.15) is 0 Å². The fraction of sp³-hybridized carbons (Fsp3) is 0.842. The van der Waals surface area contributed by atoms with Crippen LogP contribution in [0.15, 0.2) is 24.3 Å². The molecule has 43 heavy (non-hydrogen) atoms. The standard InChI is InChI=1S/C38H70O5/c1-3-5-7-9-11-13-15-17-19-21-23-25-27-29-31-33-38(41)43-36(34-39)35-42-37(40)32-30-28-26-24-22-20-18-16-14-12-10-8-6-4-2/h13,15-16,18,36,39H,3-12,14,17,19-35H2,1-2H3/b15-13+,18-16+/t36-/m0/s1. The highest BCUT2D eigenvalue weighted by molar-refractivity contribution is 5.70. The summed E-state index contributed by atoms with van der Waals surface area (Å²) < 4.78 is 10.6. The minimum atomic E-state index is -0.772. The van der Waals surface area contributed by atoms with Crippen molar-refractivity contribution in [3.05, 3.63) is 24.3 Å². The maximum absolute atomic E-state index is 12.1. The predicted molar refractivity (Wildman–Crippen MR) is 182 cm³/mol. The minimum absolute atomic E-state index is 0.0694. The van der Waals surface area contributed by atoms with Crippen LogP contribution >= 0.6 is 0 Å². The summed E-state index contributed by atoms with van der Waals surface area (Å²) in [6, 6.07) is 0.